The van der Waals surface area contributed by atoms with Crippen LogP contribution in [0, 0.1) is 11.6 Å². The lowest BCUT2D eigenvalue weighted by Crippen LogP contribution is -2.15. The summed E-state index contributed by atoms with van der Waals surface area (Å²) in [4.78, 5) is 23.4. The normalized spacial score (nSPS) is 12.0. The molecule has 1 atom stereocenters. The van der Waals surface area contributed by atoms with Gasteiger partial charge in [0.15, 0.2) is 0 Å². The molecule has 2 rings (SSSR count). The molecule has 0 heterocycles. The Kier molecular flexibility index (Phi) is 8.19. The van der Waals surface area contributed by atoms with Crippen LogP contribution in [0.25, 0.3) is 6.08 Å². The Labute approximate surface area is 167 Å². The highest BCUT2D eigenvalue weighted by atomic mass is 32.2. The molecule has 1 unspecified atom stereocenters. The third-order valence-electron chi connectivity index (χ3n) is 3.76. The van der Waals surface area contributed by atoms with Crippen molar-refractivity contribution >= 4 is 35.4 Å². The SMILES string of the molecule is CCOC(=O)/C=C/c1ccc(NC(=O)CSC(C)c2c(F)cccc2F)cc1. The minimum absolute atomic E-state index is 0.0296. The zero-order valence-corrected chi connectivity index (χ0v) is 16.4. The van der Waals surface area contributed by atoms with E-state index < -0.39 is 22.9 Å². The van der Waals surface area contributed by atoms with E-state index in [1.54, 1.807) is 44.2 Å². The molecule has 1 amide bonds. The predicted octanol–water partition coefficient (Wildman–Crippen LogP) is 4.97. The number of hydrogen-bond acceptors (Lipinski definition) is 4. The molecular formula is C21H21F2NO3S. The quantitative estimate of drug-likeness (QED) is 0.497. The van der Waals surface area contributed by atoms with E-state index in [-0.39, 0.29) is 17.2 Å². The zero-order chi connectivity index (χ0) is 20.5. The maximum Gasteiger partial charge on any atom is 0.330 e. The molecule has 1 N–H and O–H groups in total. The fourth-order valence-electron chi connectivity index (χ4n) is 2.41. The summed E-state index contributed by atoms with van der Waals surface area (Å²) in [6.07, 6.45) is 2.95. The molecule has 2 aromatic carbocycles. The summed E-state index contributed by atoms with van der Waals surface area (Å²) in [7, 11) is 0. The lowest BCUT2D eigenvalue weighted by molar-refractivity contribution is -0.137. The minimum Gasteiger partial charge on any atom is -0.463 e. The summed E-state index contributed by atoms with van der Waals surface area (Å²) in [5.41, 5.74) is 1.34. The molecule has 4 nitrogen and oxygen atoms in total. The first-order valence-electron chi connectivity index (χ1n) is 8.71. The number of carbonyl (C=O) groups is 2. The van der Waals surface area contributed by atoms with Gasteiger partial charge in [-0.1, -0.05) is 18.2 Å². The summed E-state index contributed by atoms with van der Waals surface area (Å²) in [6, 6.07) is 10.6. The van der Waals surface area contributed by atoms with Crippen molar-refractivity contribution in [2.45, 2.75) is 19.1 Å². The molecule has 0 radical (unpaired) electrons. The third kappa shape index (κ3) is 6.49. The topological polar surface area (TPSA) is 55.4 Å². The number of amides is 1. The van der Waals surface area contributed by atoms with Crippen LogP contribution in [0.2, 0.25) is 0 Å². The van der Waals surface area contributed by atoms with Crippen molar-refractivity contribution in [1.29, 1.82) is 0 Å². The summed E-state index contributed by atoms with van der Waals surface area (Å²) >= 11 is 1.15. The highest BCUT2D eigenvalue weighted by molar-refractivity contribution is 8.00. The van der Waals surface area contributed by atoms with Crippen molar-refractivity contribution in [2.24, 2.45) is 0 Å². The average Bonchev–Trinajstić information content (AvgIpc) is 2.66. The van der Waals surface area contributed by atoms with E-state index in [9.17, 15) is 18.4 Å². The number of thioether (sulfide) groups is 1. The Balaban J connectivity index is 1.87. The molecule has 0 aliphatic rings. The number of hydrogen-bond donors (Lipinski definition) is 1. The molecule has 0 aromatic heterocycles. The van der Waals surface area contributed by atoms with E-state index in [0.29, 0.717) is 12.3 Å². The maximum absolute atomic E-state index is 13.8. The van der Waals surface area contributed by atoms with Gasteiger partial charge in [-0.15, -0.1) is 11.8 Å². The largest absolute Gasteiger partial charge is 0.463 e. The highest BCUT2D eigenvalue weighted by Crippen LogP contribution is 2.31. The second-order valence-corrected chi connectivity index (χ2v) is 7.17. The Hall–Kier alpha value is -2.67. The van der Waals surface area contributed by atoms with Gasteiger partial charge in [0.2, 0.25) is 5.91 Å². The molecule has 0 aliphatic carbocycles. The van der Waals surface area contributed by atoms with Crippen molar-refractivity contribution in [1.82, 2.24) is 0 Å². The van der Waals surface area contributed by atoms with E-state index in [1.807, 2.05) is 0 Å². The first-order valence-corrected chi connectivity index (χ1v) is 9.75. The predicted molar refractivity (Wildman–Crippen MR) is 108 cm³/mol. The average molecular weight is 405 g/mol. The van der Waals surface area contributed by atoms with Gasteiger partial charge < -0.3 is 10.1 Å². The molecule has 28 heavy (non-hydrogen) atoms. The minimum atomic E-state index is -0.619. The Morgan fingerprint density at radius 2 is 1.79 bits per heavy atom. The molecule has 148 valence electrons. The van der Waals surface area contributed by atoms with Gasteiger partial charge in [0.25, 0.3) is 0 Å². The van der Waals surface area contributed by atoms with Gasteiger partial charge in [-0.05, 0) is 49.8 Å². The second kappa shape index (κ2) is 10.6. The maximum atomic E-state index is 13.8. The van der Waals surface area contributed by atoms with Crippen molar-refractivity contribution in [3.05, 3.63) is 71.3 Å². The molecule has 0 saturated heterocycles. The summed E-state index contributed by atoms with van der Waals surface area (Å²) in [5, 5.41) is 2.23. The number of esters is 1. The standard InChI is InChI=1S/C21H21F2NO3S/c1-3-27-20(26)12-9-15-7-10-16(11-8-15)24-19(25)13-28-14(2)21-17(22)5-4-6-18(21)23/h4-12,14H,3,13H2,1-2H3,(H,24,25)/b12-9+. The van der Waals surface area contributed by atoms with Gasteiger partial charge in [-0.3, -0.25) is 4.79 Å². The van der Waals surface area contributed by atoms with Crippen LogP contribution in [0.3, 0.4) is 0 Å². The van der Waals surface area contributed by atoms with E-state index in [0.717, 1.165) is 17.3 Å². The second-order valence-electron chi connectivity index (χ2n) is 5.84. The van der Waals surface area contributed by atoms with Gasteiger partial charge in [0.1, 0.15) is 11.6 Å². The third-order valence-corrected chi connectivity index (χ3v) is 4.93. The van der Waals surface area contributed by atoms with Crippen LogP contribution < -0.4 is 5.32 Å². The van der Waals surface area contributed by atoms with E-state index in [2.05, 4.69) is 5.32 Å². The van der Waals surface area contributed by atoms with Crippen molar-refractivity contribution in [3.8, 4) is 0 Å². The van der Waals surface area contributed by atoms with Crippen LogP contribution in [0.15, 0.2) is 48.5 Å². The van der Waals surface area contributed by atoms with Crippen molar-refractivity contribution < 1.29 is 23.1 Å². The summed E-state index contributed by atoms with van der Waals surface area (Å²) in [5.74, 6) is -1.88. The number of ether oxygens (including phenoxy) is 1. The number of anilines is 1. The smallest absolute Gasteiger partial charge is 0.330 e. The first-order chi connectivity index (χ1) is 13.4. The van der Waals surface area contributed by atoms with Crippen molar-refractivity contribution in [2.75, 3.05) is 17.7 Å². The molecule has 0 saturated carbocycles. The fourth-order valence-corrected chi connectivity index (χ4v) is 3.28. The lowest BCUT2D eigenvalue weighted by atomic mass is 10.1. The van der Waals surface area contributed by atoms with Crippen LogP contribution in [0.1, 0.15) is 30.2 Å². The van der Waals surface area contributed by atoms with Gasteiger partial charge in [-0.2, -0.15) is 0 Å². The monoisotopic (exact) mass is 405 g/mol. The Morgan fingerprint density at radius 1 is 1.14 bits per heavy atom. The highest BCUT2D eigenvalue weighted by Gasteiger charge is 2.17. The molecule has 0 aliphatic heterocycles. The zero-order valence-electron chi connectivity index (χ0n) is 15.6. The Morgan fingerprint density at radius 3 is 2.39 bits per heavy atom. The number of rotatable bonds is 8. The van der Waals surface area contributed by atoms with Crippen LogP contribution in [-0.4, -0.2) is 24.2 Å². The van der Waals surface area contributed by atoms with E-state index in [4.69, 9.17) is 4.74 Å². The van der Waals surface area contributed by atoms with Crippen LogP contribution in [0.4, 0.5) is 14.5 Å². The first kappa shape index (κ1) is 21.6. The van der Waals surface area contributed by atoms with Gasteiger partial charge >= 0.3 is 5.97 Å². The number of carbonyl (C=O) groups excluding carboxylic acids is 2. The van der Waals surface area contributed by atoms with Crippen LogP contribution in [-0.2, 0) is 14.3 Å². The number of benzene rings is 2. The molecule has 2 aromatic rings. The number of halogens is 2. The lowest BCUT2D eigenvalue weighted by Gasteiger charge is -2.13. The van der Waals surface area contributed by atoms with Crippen LogP contribution in [0.5, 0.6) is 0 Å². The molecular weight excluding hydrogens is 384 g/mol. The fraction of sp³-hybridized carbons (Fsp3) is 0.238. The molecule has 7 heteroatoms. The van der Waals surface area contributed by atoms with Gasteiger partial charge in [-0.25, -0.2) is 13.6 Å². The van der Waals surface area contributed by atoms with Crippen molar-refractivity contribution in [3.63, 3.8) is 0 Å². The molecule has 0 fully saturated rings. The molecule has 0 bridgehead atoms. The van der Waals surface area contributed by atoms with E-state index in [1.165, 1.54) is 24.3 Å². The van der Waals surface area contributed by atoms with Gasteiger partial charge in [0, 0.05) is 22.6 Å². The van der Waals surface area contributed by atoms with E-state index >= 15 is 0 Å². The molecule has 0 spiro atoms. The Bertz CT molecular complexity index is 833. The van der Waals surface area contributed by atoms with Crippen LogP contribution >= 0.6 is 11.8 Å². The van der Waals surface area contributed by atoms with Gasteiger partial charge in [0.05, 0.1) is 12.4 Å². The summed E-state index contributed by atoms with van der Waals surface area (Å²) in [6.45, 7) is 3.70. The summed E-state index contributed by atoms with van der Waals surface area (Å²) < 4.78 is 32.4. The number of nitrogens with one attached hydrogen (secondary N) is 1.